The van der Waals surface area contributed by atoms with E-state index in [-0.39, 0.29) is 5.91 Å². The predicted octanol–water partition coefficient (Wildman–Crippen LogP) is 2.26. The van der Waals surface area contributed by atoms with E-state index in [0.717, 1.165) is 43.9 Å². The molecule has 1 aromatic rings. The number of carbonyl (C=O) groups is 1. The lowest BCUT2D eigenvalue weighted by atomic mass is 10.1. The Balaban J connectivity index is 2.35. The Labute approximate surface area is 127 Å². The van der Waals surface area contributed by atoms with Crippen molar-refractivity contribution < 1.29 is 9.53 Å². The molecule has 0 heterocycles. The second kappa shape index (κ2) is 9.37. The standard InChI is InChI=1S/C16H27N3O2/c1-4-19(11-12-21-3)10-6-9-16(20)18-15-8-5-7-14(17)13(15)2/h5,7-8H,4,6,9-12,17H2,1-3H3,(H,18,20). The van der Waals surface area contributed by atoms with Crippen LogP contribution in [0, 0.1) is 6.92 Å². The summed E-state index contributed by atoms with van der Waals surface area (Å²) in [6.45, 7) is 7.54. The number of hydrogen-bond acceptors (Lipinski definition) is 4. The largest absolute Gasteiger partial charge is 0.398 e. The molecule has 0 aliphatic carbocycles. The third-order valence-electron chi connectivity index (χ3n) is 3.59. The van der Waals surface area contributed by atoms with Crippen molar-refractivity contribution in [3.63, 3.8) is 0 Å². The highest BCUT2D eigenvalue weighted by Gasteiger charge is 2.08. The predicted molar refractivity (Wildman–Crippen MR) is 87.4 cm³/mol. The Bertz CT molecular complexity index is 449. The van der Waals surface area contributed by atoms with Gasteiger partial charge in [0, 0.05) is 31.5 Å². The number of ether oxygens (including phenoxy) is 1. The van der Waals surface area contributed by atoms with Gasteiger partial charge in [-0.2, -0.15) is 0 Å². The Kier molecular flexibility index (Phi) is 7.79. The zero-order valence-corrected chi connectivity index (χ0v) is 13.3. The van der Waals surface area contributed by atoms with Crippen LogP contribution >= 0.6 is 0 Å². The summed E-state index contributed by atoms with van der Waals surface area (Å²) >= 11 is 0. The fourth-order valence-corrected chi connectivity index (χ4v) is 2.11. The number of benzene rings is 1. The van der Waals surface area contributed by atoms with E-state index < -0.39 is 0 Å². The summed E-state index contributed by atoms with van der Waals surface area (Å²) in [4.78, 5) is 14.2. The van der Waals surface area contributed by atoms with E-state index in [1.54, 1.807) is 7.11 Å². The van der Waals surface area contributed by atoms with Crippen molar-refractivity contribution >= 4 is 17.3 Å². The van der Waals surface area contributed by atoms with Gasteiger partial charge in [-0.3, -0.25) is 4.79 Å². The molecule has 0 aromatic heterocycles. The smallest absolute Gasteiger partial charge is 0.224 e. The molecule has 1 rings (SSSR count). The molecule has 0 unspecified atom stereocenters. The number of anilines is 2. The number of nitrogens with one attached hydrogen (secondary N) is 1. The SMILES string of the molecule is CCN(CCCC(=O)Nc1cccc(N)c1C)CCOC. The molecule has 1 aromatic carbocycles. The molecule has 0 spiro atoms. The quantitative estimate of drug-likeness (QED) is 0.685. The first-order valence-corrected chi connectivity index (χ1v) is 7.44. The molecule has 21 heavy (non-hydrogen) atoms. The van der Waals surface area contributed by atoms with E-state index in [4.69, 9.17) is 10.5 Å². The second-order valence-corrected chi connectivity index (χ2v) is 5.10. The highest BCUT2D eigenvalue weighted by Crippen LogP contribution is 2.20. The summed E-state index contributed by atoms with van der Waals surface area (Å²) < 4.78 is 5.07. The second-order valence-electron chi connectivity index (χ2n) is 5.10. The molecule has 0 saturated heterocycles. The minimum absolute atomic E-state index is 0.0338. The minimum Gasteiger partial charge on any atom is -0.398 e. The van der Waals surface area contributed by atoms with Gasteiger partial charge in [0.15, 0.2) is 0 Å². The number of nitrogens with zero attached hydrogens (tertiary/aromatic N) is 1. The molecule has 5 heteroatoms. The Hall–Kier alpha value is -1.59. The average Bonchev–Trinajstić information content (AvgIpc) is 2.47. The number of nitrogens with two attached hydrogens (primary N) is 1. The van der Waals surface area contributed by atoms with Gasteiger partial charge in [-0.05, 0) is 44.1 Å². The van der Waals surface area contributed by atoms with E-state index in [1.807, 2.05) is 25.1 Å². The Morgan fingerprint density at radius 2 is 2.14 bits per heavy atom. The molecular formula is C16H27N3O2. The summed E-state index contributed by atoms with van der Waals surface area (Å²) in [6.07, 6.45) is 1.35. The third-order valence-corrected chi connectivity index (χ3v) is 3.59. The van der Waals surface area contributed by atoms with Crippen LogP contribution < -0.4 is 11.1 Å². The van der Waals surface area contributed by atoms with Crippen LogP contribution in [-0.2, 0) is 9.53 Å². The normalized spacial score (nSPS) is 10.9. The molecule has 0 bridgehead atoms. The number of hydrogen-bond donors (Lipinski definition) is 2. The number of nitrogen functional groups attached to an aromatic ring is 1. The summed E-state index contributed by atoms with van der Waals surface area (Å²) in [6, 6.07) is 5.56. The molecule has 118 valence electrons. The summed E-state index contributed by atoms with van der Waals surface area (Å²) in [5.74, 6) is 0.0338. The summed E-state index contributed by atoms with van der Waals surface area (Å²) in [5, 5.41) is 2.92. The molecule has 0 radical (unpaired) electrons. The summed E-state index contributed by atoms with van der Waals surface area (Å²) in [5.41, 5.74) is 8.25. The molecular weight excluding hydrogens is 266 g/mol. The number of methoxy groups -OCH3 is 1. The average molecular weight is 293 g/mol. The maximum Gasteiger partial charge on any atom is 0.224 e. The van der Waals surface area contributed by atoms with Crippen LogP contribution in [0.4, 0.5) is 11.4 Å². The van der Waals surface area contributed by atoms with E-state index in [1.165, 1.54) is 0 Å². The third kappa shape index (κ3) is 6.14. The van der Waals surface area contributed by atoms with E-state index in [9.17, 15) is 4.79 Å². The molecule has 0 fully saturated rings. The highest BCUT2D eigenvalue weighted by molar-refractivity contribution is 5.92. The van der Waals surface area contributed by atoms with E-state index in [2.05, 4.69) is 17.1 Å². The maximum atomic E-state index is 12.0. The molecule has 0 atom stereocenters. The van der Waals surface area contributed by atoms with Crippen molar-refractivity contribution in [2.24, 2.45) is 0 Å². The van der Waals surface area contributed by atoms with E-state index in [0.29, 0.717) is 12.1 Å². The van der Waals surface area contributed by atoms with Gasteiger partial charge >= 0.3 is 0 Å². The molecule has 0 aliphatic heterocycles. The van der Waals surface area contributed by atoms with Crippen LogP contribution in [0.3, 0.4) is 0 Å². The molecule has 0 aliphatic rings. The minimum atomic E-state index is 0.0338. The van der Waals surface area contributed by atoms with Crippen LogP contribution in [0.15, 0.2) is 18.2 Å². The van der Waals surface area contributed by atoms with Gasteiger partial charge in [-0.1, -0.05) is 13.0 Å². The molecule has 1 amide bonds. The van der Waals surface area contributed by atoms with Crippen LogP contribution in [0.5, 0.6) is 0 Å². The monoisotopic (exact) mass is 293 g/mol. The van der Waals surface area contributed by atoms with Gasteiger partial charge in [0.25, 0.3) is 0 Å². The van der Waals surface area contributed by atoms with Crippen molar-refractivity contribution in [1.29, 1.82) is 0 Å². The van der Waals surface area contributed by atoms with Gasteiger partial charge in [0.05, 0.1) is 6.61 Å². The lowest BCUT2D eigenvalue weighted by Crippen LogP contribution is -2.29. The van der Waals surface area contributed by atoms with Gasteiger partial charge < -0.3 is 20.7 Å². The zero-order chi connectivity index (χ0) is 15.7. The van der Waals surface area contributed by atoms with Crippen molar-refractivity contribution in [3.05, 3.63) is 23.8 Å². The van der Waals surface area contributed by atoms with Crippen LogP contribution in [0.2, 0.25) is 0 Å². The number of likely N-dealkylation sites (N-methyl/N-ethyl adjacent to an activating group) is 1. The van der Waals surface area contributed by atoms with E-state index >= 15 is 0 Å². The number of amides is 1. The first kappa shape index (κ1) is 17.5. The Morgan fingerprint density at radius 1 is 1.38 bits per heavy atom. The Morgan fingerprint density at radius 3 is 2.81 bits per heavy atom. The maximum absolute atomic E-state index is 12.0. The van der Waals surface area contributed by atoms with Crippen LogP contribution in [-0.4, -0.2) is 44.2 Å². The molecule has 3 N–H and O–H groups in total. The molecule has 5 nitrogen and oxygen atoms in total. The van der Waals surface area contributed by atoms with Crippen molar-refractivity contribution in [2.75, 3.05) is 44.4 Å². The first-order chi connectivity index (χ1) is 10.1. The van der Waals surface area contributed by atoms with Crippen LogP contribution in [0.1, 0.15) is 25.3 Å². The molecule has 0 saturated carbocycles. The lowest BCUT2D eigenvalue weighted by molar-refractivity contribution is -0.116. The number of rotatable bonds is 9. The summed E-state index contributed by atoms with van der Waals surface area (Å²) in [7, 11) is 1.70. The van der Waals surface area contributed by atoms with Gasteiger partial charge in [-0.25, -0.2) is 0 Å². The fraction of sp³-hybridized carbons (Fsp3) is 0.562. The first-order valence-electron chi connectivity index (χ1n) is 7.44. The topological polar surface area (TPSA) is 67.6 Å². The lowest BCUT2D eigenvalue weighted by Gasteiger charge is -2.19. The van der Waals surface area contributed by atoms with Gasteiger partial charge in [0.2, 0.25) is 5.91 Å². The number of carbonyl (C=O) groups excluding carboxylic acids is 1. The van der Waals surface area contributed by atoms with Crippen molar-refractivity contribution in [1.82, 2.24) is 4.90 Å². The fourth-order valence-electron chi connectivity index (χ4n) is 2.11. The highest BCUT2D eigenvalue weighted by atomic mass is 16.5. The van der Waals surface area contributed by atoms with Crippen molar-refractivity contribution in [3.8, 4) is 0 Å². The van der Waals surface area contributed by atoms with Crippen molar-refractivity contribution in [2.45, 2.75) is 26.7 Å². The van der Waals surface area contributed by atoms with Crippen LogP contribution in [0.25, 0.3) is 0 Å². The van der Waals surface area contributed by atoms with Gasteiger partial charge in [-0.15, -0.1) is 0 Å². The van der Waals surface area contributed by atoms with Gasteiger partial charge in [0.1, 0.15) is 0 Å². The zero-order valence-electron chi connectivity index (χ0n) is 13.3.